The van der Waals surface area contributed by atoms with Crippen LogP contribution in [0.4, 0.5) is 0 Å². The summed E-state index contributed by atoms with van der Waals surface area (Å²) in [6.07, 6.45) is 2.53. The predicted octanol–water partition coefficient (Wildman–Crippen LogP) is 3.52. The van der Waals surface area contributed by atoms with E-state index >= 15 is 0 Å². The van der Waals surface area contributed by atoms with Crippen LogP contribution < -0.4 is 0 Å². The van der Waals surface area contributed by atoms with Crippen LogP contribution in [0.15, 0.2) is 60.7 Å². The molecule has 0 aliphatic carbocycles. The molecule has 0 bridgehead atoms. The van der Waals surface area contributed by atoms with Gasteiger partial charge >= 0.3 is 0 Å². The number of allylic oxidation sites excluding steroid dienone is 1. The van der Waals surface area contributed by atoms with Gasteiger partial charge in [-0.1, -0.05) is 60.7 Å². The number of carbonyl (C=O) groups excluding carboxylic acids is 1. The molecule has 3 heteroatoms. The molecule has 3 nitrogen and oxygen atoms in total. The number of hydrogen-bond donors (Lipinski definition) is 0. The molecule has 1 heterocycles. The Bertz CT molecular complexity index is 673. The van der Waals surface area contributed by atoms with Gasteiger partial charge in [0.1, 0.15) is 0 Å². The smallest absolute Gasteiger partial charge is 0.164 e. The SMILES string of the molecule is O=C(CCN1CCOCC1)/C(=C/c1ccccc1)c1ccccc1. The molecule has 1 aliphatic rings. The summed E-state index contributed by atoms with van der Waals surface area (Å²) in [6.45, 7) is 4.15. The molecule has 0 atom stereocenters. The lowest BCUT2D eigenvalue weighted by atomic mass is 9.97. The van der Waals surface area contributed by atoms with Crippen LogP contribution in [0.25, 0.3) is 11.6 Å². The fourth-order valence-electron chi connectivity index (χ4n) is 2.88. The number of hydrogen-bond acceptors (Lipinski definition) is 3. The third-order valence-electron chi connectivity index (χ3n) is 4.25. The molecule has 0 unspecified atom stereocenters. The average molecular weight is 321 g/mol. The molecule has 1 saturated heterocycles. The van der Waals surface area contributed by atoms with Crippen molar-refractivity contribution in [1.29, 1.82) is 0 Å². The normalized spacial score (nSPS) is 16.1. The van der Waals surface area contributed by atoms with Crippen molar-refractivity contribution >= 4 is 17.4 Å². The molecule has 0 aromatic heterocycles. The number of ether oxygens (including phenoxy) is 1. The van der Waals surface area contributed by atoms with E-state index in [9.17, 15) is 4.79 Å². The van der Waals surface area contributed by atoms with Crippen molar-refractivity contribution in [2.75, 3.05) is 32.8 Å². The van der Waals surface area contributed by atoms with Crippen LogP contribution in [-0.4, -0.2) is 43.5 Å². The van der Waals surface area contributed by atoms with Crippen LogP contribution in [0, 0.1) is 0 Å². The second-order valence-corrected chi connectivity index (χ2v) is 5.96. The Morgan fingerprint density at radius 3 is 2.25 bits per heavy atom. The van der Waals surface area contributed by atoms with Crippen LogP contribution in [0.5, 0.6) is 0 Å². The fourth-order valence-corrected chi connectivity index (χ4v) is 2.88. The molecule has 0 N–H and O–H groups in total. The Morgan fingerprint density at radius 2 is 1.58 bits per heavy atom. The van der Waals surface area contributed by atoms with Crippen LogP contribution in [-0.2, 0) is 9.53 Å². The largest absolute Gasteiger partial charge is 0.379 e. The van der Waals surface area contributed by atoms with Gasteiger partial charge in [0.25, 0.3) is 0 Å². The lowest BCUT2D eigenvalue weighted by Gasteiger charge is -2.26. The maximum absolute atomic E-state index is 12.9. The summed E-state index contributed by atoms with van der Waals surface area (Å²) in [6, 6.07) is 20.0. The van der Waals surface area contributed by atoms with Crippen LogP contribution >= 0.6 is 0 Å². The highest BCUT2D eigenvalue weighted by atomic mass is 16.5. The van der Waals surface area contributed by atoms with E-state index < -0.39 is 0 Å². The minimum atomic E-state index is 0.191. The van der Waals surface area contributed by atoms with Crippen molar-refractivity contribution in [3.63, 3.8) is 0 Å². The topological polar surface area (TPSA) is 29.5 Å². The summed E-state index contributed by atoms with van der Waals surface area (Å²) in [5.74, 6) is 0.191. The molecule has 0 spiro atoms. The summed E-state index contributed by atoms with van der Waals surface area (Å²) < 4.78 is 5.36. The second-order valence-electron chi connectivity index (χ2n) is 5.96. The van der Waals surface area contributed by atoms with Crippen molar-refractivity contribution in [3.05, 3.63) is 71.8 Å². The van der Waals surface area contributed by atoms with Crippen LogP contribution in [0.2, 0.25) is 0 Å². The molecular formula is C21H23NO2. The molecule has 0 amide bonds. The van der Waals surface area contributed by atoms with E-state index in [1.807, 2.05) is 66.7 Å². The van der Waals surface area contributed by atoms with Gasteiger partial charge in [-0.2, -0.15) is 0 Å². The molecule has 2 aromatic carbocycles. The van der Waals surface area contributed by atoms with Gasteiger partial charge in [0, 0.05) is 31.6 Å². The summed E-state index contributed by atoms with van der Waals surface area (Å²) in [5, 5.41) is 0. The number of carbonyl (C=O) groups is 1. The average Bonchev–Trinajstić information content (AvgIpc) is 2.66. The number of benzene rings is 2. The van der Waals surface area contributed by atoms with Gasteiger partial charge in [0.2, 0.25) is 0 Å². The first-order valence-electron chi connectivity index (χ1n) is 8.48. The molecule has 24 heavy (non-hydrogen) atoms. The Balaban J connectivity index is 1.76. The Morgan fingerprint density at radius 1 is 0.958 bits per heavy atom. The number of Topliss-reactive ketones (excluding diaryl/α,β-unsaturated/α-hetero) is 1. The van der Waals surface area contributed by atoms with E-state index in [2.05, 4.69) is 4.90 Å². The Hall–Kier alpha value is -2.23. The number of rotatable bonds is 6. The van der Waals surface area contributed by atoms with E-state index in [0.717, 1.165) is 49.5 Å². The number of ketones is 1. The molecule has 0 saturated carbocycles. The van der Waals surface area contributed by atoms with Crippen LogP contribution in [0.1, 0.15) is 17.5 Å². The summed E-state index contributed by atoms with van der Waals surface area (Å²) in [4.78, 5) is 15.2. The van der Waals surface area contributed by atoms with Crippen molar-refractivity contribution in [1.82, 2.24) is 4.90 Å². The molecule has 124 valence electrons. The third-order valence-corrected chi connectivity index (χ3v) is 4.25. The lowest BCUT2D eigenvalue weighted by Crippen LogP contribution is -2.37. The highest BCUT2D eigenvalue weighted by molar-refractivity contribution is 6.25. The van der Waals surface area contributed by atoms with Crippen LogP contribution in [0.3, 0.4) is 0 Å². The Kier molecular flexibility index (Phi) is 5.94. The quantitative estimate of drug-likeness (QED) is 0.602. The first kappa shape index (κ1) is 16.6. The van der Waals surface area contributed by atoms with Gasteiger partial charge < -0.3 is 4.74 Å². The zero-order chi connectivity index (χ0) is 16.6. The number of nitrogens with zero attached hydrogens (tertiary/aromatic N) is 1. The molecule has 0 radical (unpaired) electrons. The maximum atomic E-state index is 12.9. The summed E-state index contributed by atoms with van der Waals surface area (Å²) in [7, 11) is 0. The van der Waals surface area contributed by atoms with Crippen molar-refractivity contribution in [2.45, 2.75) is 6.42 Å². The second kappa shape index (κ2) is 8.57. The van der Waals surface area contributed by atoms with E-state index in [1.54, 1.807) is 0 Å². The van der Waals surface area contributed by atoms with Crippen molar-refractivity contribution < 1.29 is 9.53 Å². The summed E-state index contributed by atoms with van der Waals surface area (Å²) >= 11 is 0. The predicted molar refractivity (Wildman–Crippen MR) is 97.6 cm³/mol. The molecular weight excluding hydrogens is 298 g/mol. The highest BCUT2D eigenvalue weighted by Gasteiger charge is 2.15. The van der Waals surface area contributed by atoms with E-state index in [4.69, 9.17) is 4.74 Å². The standard InChI is InChI=1S/C21H23NO2/c23-21(11-12-22-13-15-24-16-14-22)20(19-9-5-2-6-10-19)17-18-7-3-1-4-8-18/h1-10,17H,11-16H2/b20-17+. The molecule has 3 rings (SSSR count). The van der Waals surface area contributed by atoms with Crippen molar-refractivity contribution in [2.24, 2.45) is 0 Å². The lowest BCUT2D eigenvalue weighted by molar-refractivity contribution is -0.114. The van der Waals surface area contributed by atoms with Gasteiger partial charge in [-0.05, 0) is 17.2 Å². The van der Waals surface area contributed by atoms with Gasteiger partial charge in [-0.15, -0.1) is 0 Å². The zero-order valence-corrected chi connectivity index (χ0v) is 13.9. The van der Waals surface area contributed by atoms with E-state index in [0.29, 0.717) is 6.42 Å². The van der Waals surface area contributed by atoms with Crippen molar-refractivity contribution in [3.8, 4) is 0 Å². The minimum absolute atomic E-state index is 0.191. The fraction of sp³-hybridized carbons (Fsp3) is 0.286. The van der Waals surface area contributed by atoms with E-state index in [-0.39, 0.29) is 5.78 Å². The van der Waals surface area contributed by atoms with Gasteiger partial charge in [0.05, 0.1) is 13.2 Å². The minimum Gasteiger partial charge on any atom is -0.379 e. The zero-order valence-electron chi connectivity index (χ0n) is 13.9. The first-order chi connectivity index (χ1) is 11.8. The Labute approximate surface area is 143 Å². The molecule has 2 aromatic rings. The molecule has 1 fully saturated rings. The number of morpholine rings is 1. The van der Waals surface area contributed by atoms with E-state index in [1.165, 1.54) is 0 Å². The third kappa shape index (κ3) is 4.63. The summed E-state index contributed by atoms with van der Waals surface area (Å²) in [5.41, 5.74) is 2.82. The highest BCUT2D eigenvalue weighted by Crippen LogP contribution is 2.21. The molecule has 1 aliphatic heterocycles. The van der Waals surface area contributed by atoms with Gasteiger partial charge in [-0.3, -0.25) is 9.69 Å². The first-order valence-corrected chi connectivity index (χ1v) is 8.48. The maximum Gasteiger partial charge on any atom is 0.164 e. The monoisotopic (exact) mass is 321 g/mol. The van der Waals surface area contributed by atoms with Gasteiger partial charge in [0.15, 0.2) is 5.78 Å². The van der Waals surface area contributed by atoms with Gasteiger partial charge in [-0.25, -0.2) is 0 Å².